The van der Waals surface area contributed by atoms with E-state index in [9.17, 15) is 4.79 Å². The molecule has 21 heavy (non-hydrogen) atoms. The highest BCUT2D eigenvalue weighted by Crippen LogP contribution is 2.26. The van der Waals surface area contributed by atoms with Gasteiger partial charge in [-0.05, 0) is 29.3 Å². The van der Waals surface area contributed by atoms with E-state index in [4.69, 9.17) is 4.74 Å². The molecule has 3 heterocycles. The van der Waals surface area contributed by atoms with E-state index in [0.29, 0.717) is 11.7 Å². The number of ether oxygens (including phenoxy) is 1. The lowest BCUT2D eigenvalue weighted by Crippen LogP contribution is -2.45. The van der Waals surface area contributed by atoms with Crippen molar-refractivity contribution >= 4 is 33.7 Å². The quantitative estimate of drug-likeness (QED) is 0.940. The van der Waals surface area contributed by atoms with E-state index in [1.165, 1.54) is 16.9 Å². The van der Waals surface area contributed by atoms with Crippen molar-refractivity contribution in [1.82, 2.24) is 9.88 Å². The average Bonchev–Trinajstić information content (AvgIpc) is 3.10. The van der Waals surface area contributed by atoms with Crippen molar-refractivity contribution in [3.05, 3.63) is 34.0 Å². The SMILES string of the molecule is C[C@H]1CN(CC(=O)Nc2nccs2)C[C@H](c2ccsc2)O1. The number of morpholine rings is 1. The number of thiazole rings is 1. The van der Waals surface area contributed by atoms with E-state index >= 15 is 0 Å². The minimum atomic E-state index is -0.0249. The molecule has 0 aliphatic carbocycles. The highest BCUT2D eigenvalue weighted by Gasteiger charge is 2.27. The third-order valence-corrected chi connectivity index (χ3v) is 4.69. The van der Waals surface area contributed by atoms with Crippen LogP contribution in [0.1, 0.15) is 18.6 Å². The molecule has 1 aliphatic heterocycles. The fourth-order valence-electron chi connectivity index (χ4n) is 2.46. The van der Waals surface area contributed by atoms with E-state index < -0.39 is 0 Å². The second-order valence-corrected chi connectivity index (χ2v) is 6.75. The highest BCUT2D eigenvalue weighted by molar-refractivity contribution is 7.13. The Hall–Kier alpha value is -1.28. The van der Waals surface area contributed by atoms with Gasteiger partial charge in [-0.15, -0.1) is 11.3 Å². The molecule has 1 amide bonds. The number of amides is 1. The van der Waals surface area contributed by atoms with Crippen molar-refractivity contribution in [2.75, 3.05) is 25.0 Å². The number of anilines is 1. The fraction of sp³-hybridized carbons (Fsp3) is 0.429. The topological polar surface area (TPSA) is 54.5 Å². The number of nitrogens with zero attached hydrogens (tertiary/aromatic N) is 2. The molecule has 5 nitrogen and oxygen atoms in total. The van der Waals surface area contributed by atoms with Crippen molar-refractivity contribution in [3.63, 3.8) is 0 Å². The first-order chi connectivity index (χ1) is 10.2. The third-order valence-electron chi connectivity index (χ3n) is 3.30. The Balaban J connectivity index is 1.58. The zero-order valence-corrected chi connectivity index (χ0v) is 13.3. The molecule has 3 rings (SSSR count). The summed E-state index contributed by atoms with van der Waals surface area (Å²) < 4.78 is 5.97. The summed E-state index contributed by atoms with van der Waals surface area (Å²) in [4.78, 5) is 18.3. The molecule has 0 unspecified atom stereocenters. The first-order valence-corrected chi connectivity index (χ1v) is 8.62. The molecular formula is C14H17N3O2S2. The van der Waals surface area contributed by atoms with Crippen molar-refractivity contribution in [2.24, 2.45) is 0 Å². The van der Waals surface area contributed by atoms with Gasteiger partial charge in [0.15, 0.2) is 5.13 Å². The number of carbonyl (C=O) groups excluding carboxylic acids is 1. The zero-order chi connectivity index (χ0) is 14.7. The maximum atomic E-state index is 12.1. The molecule has 112 valence electrons. The largest absolute Gasteiger partial charge is 0.368 e. The van der Waals surface area contributed by atoms with Crippen LogP contribution in [-0.2, 0) is 9.53 Å². The Bertz CT molecular complexity index is 571. The van der Waals surface area contributed by atoms with Gasteiger partial charge in [0.25, 0.3) is 0 Å². The van der Waals surface area contributed by atoms with Crippen LogP contribution in [-0.4, -0.2) is 41.5 Å². The van der Waals surface area contributed by atoms with Gasteiger partial charge in [-0.2, -0.15) is 11.3 Å². The van der Waals surface area contributed by atoms with Gasteiger partial charge < -0.3 is 10.1 Å². The predicted molar refractivity (Wildman–Crippen MR) is 84.8 cm³/mol. The number of nitrogens with one attached hydrogen (secondary N) is 1. The molecule has 2 aromatic heterocycles. The van der Waals surface area contributed by atoms with Crippen molar-refractivity contribution < 1.29 is 9.53 Å². The molecule has 1 fully saturated rings. The molecule has 1 aliphatic rings. The van der Waals surface area contributed by atoms with Crippen LogP contribution in [0.2, 0.25) is 0 Å². The van der Waals surface area contributed by atoms with Crippen LogP contribution in [0.4, 0.5) is 5.13 Å². The maximum absolute atomic E-state index is 12.1. The molecule has 0 bridgehead atoms. The van der Waals surface area contributed by atoms with Gasteiger partial charge in [-0.25, -0.2) is 4.98 Å². The molecule has 2 aromatic rings. The Kier molecular flexibility index (Phi) is 4.64. The summed E-state index contributed by atoms with van der Waals surface area (Å²) in [6.45, 7) is 3.93. The van der Waals surface area contributed by atoms with Crippen LogP contribution in [0.25, 0.3) is 0 Å². The van der Waals surface area contributed by atoms with E-state index in [1.54, 1.807) is 17.5 Å². The lowest BCUT2D eigenvalue weighted by Gasteiger charge is -2.36. The maximum Gasteiger partial charge on any atom is 0.240 e. The summed E-state index contributed by atoms with van der Waals surface area (Å²) in [5.74, 6) is -0.0249. The van der Waals surface area contributed by atoms with Crippen molar-refractivity contribution in [1.29, 1.82) is 0 Å². The molecular weight excluding hydrogens is 306 g/mol. The Morgan fingerprint density at radius 2 is 2.43 bits per heavy atom. The summed E-state index contributed by atoms with van der Waals surface area (Å²) in [5, 5.41) is 9.48. The number of carbonyl (C=O) groups is 1. The van der Waals surface area contributed by atoms with E-state index in [0.717, 1.165) is 13.1 Å². The van der Waals surface area contributed by atoms with Gasteiger partial charge in [0.1, 0.15) is 0 Å². The normalized spacial score (nSPS) is 23.1. The first kappa shape index (κ1) is 14.6. The Morgan fingerprint density at radius 3 is 3.14 bits per heavy atom. The molecule has 0 aromatic carbocycles. The monoisotopic (exact) mass is 323 g/mol. The Labute approximate surface area is 131 Å². The standard InChI is InChI=1S/C14H17N3O2S2/c1-10-6-17(7-12(19-10)11-2-4-20-9-11)8-13(18)16-14-15-3-5-21-14/h2-5,9-10,12H,6-8H2,1H3,(H,15,16,18)/t10-,12+/m0/s1. The Morgan fingerprint density at radius 1 is 1.52 bits per heavy atom. The smallest absolute Gasteiger partial charge is 0.240 e. The van der Waals surface area contributed by atoms with Crippen molar-refractivity contribution in [3.8, 4) is 0 Å². The van der Waals surface area contributed by atoms with Crippen molar-refractivity contribution in [2.45, 2.75) is 19.1 Å². The molecule has 7 heteroatoms. The molecule has 0 spiro atoms. The average molecular weight is 323 g/mol. The summed E-state index contributed by atoms with van der Waals surface area (Å²) in [5.41, 5.74) is 1.19. The van der Waals surface area contributed by atoms with Crippen LogP contribution >= 0.6 is 22.7 Å². The van der Waals surface area contributed by atoms with Gasteiger partial charge in [-0.3, -0.25) is 9.69 Å². The van der Waals surface area contributed by atoms with Crippen LogP contribution in [0.5, 0.6) is 0 Å². The lowest BCUT2D eigenvalue weighted by atomic mass is 10.1. The van der Waals surface area contributed by atoms with Gasteiger partial charge in [-0.1, -0.05) is 0 Å². The summed E-state index contributed by atoms with van der Waals surface area (Å²) >= 11 is 3.10. The van der Waals surface area contributed by atoms with E-state index in [2.05, 4.69) is 32.0 Å². The second kappa shape index (κ2) is 6.65. The van der Waals surface area contributed by atoms with Gasteiger partial charge >= 0.3 is 0 Å². The third kappa shape index (κ3) is 3.88. The van der Waals surface area contributed by atoms with Gasteiger partial charge in [0, 0.05) is 24.7 Å². The number of hydrogen-bond acceptors (Lipinski definition) is 6. The molecule has 2 atom stereocenters. The van der Waals surface area contributed by atoms with Gasteiger partial charge in [0.05, 0.1) is 18.8 Å². The first-order valence-electron chi connectivity index (χ1n) is 6.80. The fourth-order valence-corrected chi connectivity index (χ4v) is 3.70. The summed E-state index contributed by atoms with van der Waals surface area (Å²) in [6.07, 6.45) is 1.85. The van der Waals surface area contributed by atoms with Crippen LogP contribution in [0.3, 0.4) is 0 Å². The minimum Gasteiger partial charge on any atom is -0.368 e. The van der Waals surface area contributed by atoms with E-state index in [1.807, 2.05) is 12.3 Å². The lowest BCUT2D eigenvalue weighted by molar-refractivity contribution is -0.122. The molecule has 0 saturated carbocycles. The molecule has 1 saturated heterocycles. The molecule has 0 radical (unpaired) electrons. The highest BCUT2D eigenvalue weighted by atomic mass is 32.1. The number of thiophene rings is 1. The molecule has 1 N–H and O–H groups in total. The summed E-state index contributed by atoms with van der Waals surface area (Å²) in [7, 11) is 0. The van der Waals surface area contributed by atoms with Gasteiger partial charge in [0.2, 0.25) is 5.91 Å². The predicted octanol–water partition coefficient (Wildman–Crippen LogP) is 2.61. The zero-order valence-electron chi connectivity index (χ0n) is 11.7. The number of hydrogen-bond donors (Lipinski definition) is 1. The minimum absolute atomic E-state index is 0.0249. The second-order valence-electron chi connectivity index (χ2n) is 5.07. The van der Waals surface area contributed by atoms with Crippen LogP contribution in [0.15, 0.2) is 28.4 Å². The number of aromatic nitrogens is 1. The van der Waals surface area contributed by atoms with E-state index in [-0.39, 0.29) is 18.1 Å². The van der Waals surface area contributed by atoms with Crippen LogP contribution in [0, 0.1) is 0 Å². The number of rotatable bonds is 4. The van der Waals surface area contributed by atoms with Crippen LogP contribution < -0.4 is 5.32 Å². The summed E-state index contributed by atoms with van der Waals surface area (Å²) in [6, 6.07) is 2.08.